The van der Waals surface area contributed by atoms with Crippen molar-refractivity contribution in [2.75, 3.05) is 32.2 Å². The van der Waals surface area contributed by atoms with Crippen molar-refractivity contribution >= 4 is 23.6 Å². The van der Waals surface area contributed by atoms with Crippen molar-refractivity contribution in [3.63, 3.8) is 0 Å². The molecule has 8 heteroatoms. The van der Waals surface area contributed by atoms with Crippen LogP contribution in [-0.2, 0) is 20.7 Å². The molecule has 1 aliphatic heterocycles. The zero-order chi connectivity index (χ0) is 28.2. The Morgan fingerprint density at radius 1 is 1.00 bits per heavy atom. The highest BCUT2D eigenvalue weighted by Gasteiger charge is 2.36. The number of anilines is 1. The average Bonchev–Trinajstić information content (AvgIpc) is 2.93. The van der Waals surface area contributed by atoms with Crippen LogP contribution in [0.2, 0.25) is 0 Å². The second kappa shape index (κ2) is 15.1. The van der Waals surface area contributed by atoms with E-state index in [0.29, 0.717) is 34.6 Å². The Hall–Kier alpha value is -3.65. The molecule has 0 fully saturated rings. The van der Waals surface area contributed by atoms with Crippen molar-refractivity contribution in [1.29, 1.82) is 0 Å². The maximum absolute atomic E-state index is 13.2. The summed E-state index contributed by atoms with van der Waals surface area (Å²) >= 11 is 0. The largest absolute Gasteiger partial charge is 0.460 e. The van der Waals surface area contributed by atoms with Crippen molar-refractivity contribution in [2.24, 2.45) is 0 Å². The van der Waals surface area contributed by atoms with E-state index in [-0.39, 0.29) is 25.2 Å². The second-order valence-electron chi connectivity index (χ2n) is 9.75. The molecule has 0 aliphatic carbocycles. The summed E-state index contributed by atoms with van der Waals surface area (Å²) in [7, 11) is 1.54. The Balaban J connectivity index is 1.82. The fourth-order valence-corrected chi connectivity index (χ4v) is 4.58. The van der Waals surface area contributed by atoms with Gasteiger partial charge < -0.3 is 20.1 Å². The smallest absolute Gasteiger partial charge is 0.338 e. The van der Waals surface area contributed by atoms with Crippen LogP contribution in [0.15, 0.2) is 59.8 Å². The van der Waals surface area contributed by atoms with Crippen LogP contribution in [0.5, 0.6) is 0 Å². The van der Waals surface area contributed by atoms with E-state index in [2.05, 4.69) is 17.6 Å². The van der Waals surface area contributed by atoms with Gasteiger partial charge in [-0.1, -0.05) is 57.4 Å². The number of carbonyl (C=O) groups excluding carboxylic acids is 3. The molecule has 1 atom stereocenters. The monoisotopic (exact) mass is 535 g/mol. The summed E-state index contributed by atoms with van der Waals surface area (Å²) in [6.07, 6.45) is 6.23. The van der Waals surface area contributed by atoms with Crippen molar-refractivity contribution < 1.29 is 23.9 Å². The number of urea groups is 1. The quantitative estimate of drug-likeness (QED) is 0.228. The number of rotatable bonds is 14. The summed E-state index contributed by atoms with van der Waals surface area (Å²) < 4.78 is 10.5. The first-order valence-electron chi connectivity index (χ1n) is 13.8. The maximum Gasteiger partial charge on any atom is 0.338 e. The molecule has 0 unspecified atom stereocenters. The third-order valence-corrected chi connectivity index (χ3v) is 6.84. The molecule has 2 N–H and O–H groups in total. The number of ether oxygens (including phenoxy) is 2. The van der Waals surface area contributed by atoms with Crippen LogP contribution in [-0.4, -0.2) is 49.7 Å². The van der Waals surface area contributed by atoms with Crippen LogP contribution in [0.4, 0.5) is 10.5 Å². The highest BCUT2D eigenvalue weighted by Crippen LogP contribution is 2.32. The number of nitrogens with one attached hydrogen (secondary N) is 2. The van der Waals surface area contributed by atoms with Crippen molar-refractivity contribution in [2.45, 2.75) is 65.3 Å². The van der Waals surface area contributed by atoms with E-state index in [1.807, 2.05) is 37.3 Å². The Morgan fingerprint density at radius 3 is 2.44 bits per heavy atom. The van der Waals surface area contributed by atoms with Gasteiger partial charge in [0.15, 0.2) is 0 Å². The maximum atomic E-state index is 13.2. The van der Waals surface area contributed by atoms with Gasteiger partial charge in [-0.3, -0.25) is 9.69 Å². The summed E-state index contributed by atoms with van der Waals surface area (Å²) in [4.78, 5) is 40.7. The number of benzene rings is 2. The number of nitrogens with zero attached hydrogens (tertiary/aromatic N) is 1. The molecule has 3 rings (SSSR count). The Kier molecular flexibility index (Phi) is 11.6. The summed E-state index contributed by atoms with van der Waals surface area (Å²) in [5.41, 5.74) is 3.94. The summed E-state index contributed by atoms with van der Waals surface area (Å²) in [5, 5.41) is 5.91. The van der Waals surface area contributed by atoms with E-state index in [9.17, 15) is 14.4 Å². The number of carbonyl (C=O) groups is 3. The third kappa shape index (κ3) is 8.17. The minimum atomic E-state index is -0.718. The van der Waals surface area contributed by atoms with E-state index in [0.717, 1.165) is 25.7 Å². The molecule has 0 bridgehead atoms. The van der Waals surface area contributed by atoms with Gasteiger partial charge in [-0.2, -0.15) is 0 Å². The molecule has 0 spiro atoms. The van der Waals surface area contributed by atoms with Crippen molar-refractivity contribution in [3.8, 4) is 0 Å². The van der Waals surface area contributed by atoms with Gasteiger partial charge in [0, 0.05) is 30.6 Å². The summed E-state index contributed by atoms with van der Waals surface area (Å²) in [5.74, 6) is -0.735. The molecule has 2 aromatic rings. The topological polar surface area (TPSA) is 97.0 Å². The fraction of sp³-hybridized carbons (Fsp3) is 0.452. The van der Waals surface area contributed by atoms with Gasteiger partial charge in [-0.25, -0.2) is 9.59 Å². The summed E-state index contributed by atoms with van der Waals surface area (Å²) in [6, 6.07) is 13.9. The van der Waals surface area contributed by atoms with E-state index >= 15 is 0 Å². The molecule has 0 saturated heterocycles. The molecular formula is C31H41N3O5. The minimum Gasteiger partial charge on any atom is -0.460 e. The van der Waals surface area contributed by atoms with Crippen LogP contribution in [0, 0.1) is 0 Å². The van der Waals surface area contributed by atoms with Crippen LogP contribution in [0.3, 0.4) is 0 Å². The Morgan fingerprint density at radius 2 is 1.74 bits per heavy atom. The minimum absolute atomic E-state index is 0.106. The fourth-order valence-electron chi connectivity index (χ4n) is 4.58. The van der Waals surface area contributed by atoms with Gasteiger partial charge in [-0.05, 0) is 61.6 Å². The molecule has 39 heavy (non-hydrogen) atoms. The first-order chi connectivity index (χ1) is 18.9. The second-order valence-corrected chi connectivity index (χ2v) is 9.75. The zero-order valence-corrected chi connectivity index (χ0v) is 23.5. The highest BCUT2D eigenvalue weighted by molar-refractivity contribution is 6.04. The van der Waals surface area contributed by atoms with Crippen molar-refractivity contribution in [1.82, 2.24) is 10.2 Å². The lowest BCUT2D eigenvalue weighted by Gasteiger charge is -2.35. The van der Waals surface area contributed by atoms with Crippen molar-refractivity contribution in [3.05, 3.63) is 76.5 Å². The number of amides is 3. The number of hydrogen-bond acceptors (Lipinski definition) is 5. The van der Waals surface area contributed by atoms with Crippen LogP contribution < -0.4 is 10.6 Å². The Labute approximate surface area is 231 Å². The van der Waals surface area contributed by atoms with E-state index in [1.54, 1.807) is 30.0 Å². The molecule has 1 heterocycles. The molecule has 0 saturated carbocycles. The predicted octanol–water partition coefficient (Wildman–Crippen LogP) is 6.00. The number of aryl methyl sites for hydroxylation is 1. The normalized spacial score (nSPS) is 15.2. The third-order valence-electron chi connectivity index (χ3n) is 6.84. The number of esters is 1. The predicted molar refractivity (Wildman–Crippen MR) is 152 cm³/mol. The molecule has 0 aromatic heterocycles. The molecule has 1 aliphatic rings. The lowest BCUT2D eigenvalue weighted by Crippen LogP contribution is -2.48. The lowest BCUT2D eigenvalue weighted by molar-refractivity contribution is -0.140. The van der Waals surface area contributed by atoms with Gasteiger partial charge in [-0.15, -0.1) is 0 Å². The van der Waals surface area contributed by atoms with Gasteiger partial charge in [0.25, 0.3) is 5.91 Å². The first-order valence-corrected chi connectivity index (χ1v) is 13.8. The Bertz CT molecular complexity index is 1160. The summed E-state index contributed by atoms with van der Waals surface area (Å²) in [6.45, 7) is 6.88. The van der Waals surface area contributed by atoms with Crippen LogP contribution in [0.1, 0.15) is 80.4 Å². The van der Waals surface area contributed by atoms with Gasteiger partial charge >= 0.3 is 12.0 Å². The molecule has 8 nitrogen and oxygen atoms in total. The van der Waals surface area contributed by atoms with Crippen LogP contribution >= 0.6 is 0 Å². The lowest BCUT2D eigenvalue weighted by atomic mass is 9.94. The molecule has 0 radical (unpaired) electrons. The average molecular weight is 536 g/mol. The van der Waals surface area contributed by atoms with E-state index in [4.69, 9.17) is 9.47 Å². The highest BCUT2D eigenvalue weighted by atomic mass is 16.6. The van der Waals surface area contributed by atoms with Gasteiger partial charge in [0.05, 0.1) is 18.2 Å². The SMILES string of the molecule is CCCCCc1ccc(C(=O)Nc2cccc([C@H]3NC(=O)N(CCCC)C(C)=C3C(=O)OCCOC)c2)cc1. The van der Waals surface area contributed by atoms with E-state index in [1.165, 1.54) is 25.5 Å². The van der Waals surface area contributed by atoms with Gasteiger partial charge in [0.1, 0.15) is 6.61 Å². The molecule has 2 aromatic carbocycles. The van der Waals surface area contributed by atoms with Gasteiger partial charge in [0.2, 0.25) is 0 Å². The zero-order valence-electron chi connectivity index (χ0n) is 23.5. The molecule has 3 amide bonds. The van der Waals surface area contributed by atoms with E-state index < -0.39 is 12.0 Å². The number of methoxy groups -OCH3 is 1. The molecule has 210 valence electrons. The number of allylic oxidation sites excluding steroid dienone is 1. The number of hydrogen-bond donors (Lipinski definition) is 2. The number of unbranched alkanes of at least 4 members (excludes halogenated alkanes) is 3. The van der Waals surface area contributed by atoms with Crippen LogP contribution in [0.25, 0.3) is 0 Å². The molecular weight excluding hydrogens is 494 g/mol. The first kappa shape index (κ1) is 29.9. The standard InChI is InChI=1S/C31H41N3O5/c1-5-7-9-11-23-14-16-24(17-15-23)29(35)32-26-13-10-12-25(21-26)28-27(30(36)39-20-19-38-4)22(3)34(18-8-6-2)31(37)33-28/h10,12-17,21,28H,5-9,11,18-20H2,1-4H3,(H,32,35)(H,33,37)/t28-/m1/s1.